The van der Waals surface area contributed by atoms with Gasteiger partial charge in [-0.2, -0.15) is 0 Å². The number of nitrogens with zero attached hydrogens (tertiary/aromatic N) is 3. The topological polar surface area (TPSA) is 51.4 Å². The second kappa shape index (κ2) is 5.60. The Hall–Kier alpha value is -2.40. The van der Waals surface area contributed by atoms with Crippen molar-refractivity contribution < 1.29 is 9.15 Å². The zero-order valence-electron chi connectivity index (χ0n) is 13.4. The molecule has 3 aromatic rings. The van der Waals surface area contributed by atoms with Crippen molar-refractivity contribution in [2.24, 2.45) is 5.92 Å². The standard InChI is InChI=1S/C19H19N3O2/c1-2-4-16-14(3-1)9-17(23-16)15-10-20-19(21-11-15)24-18-12-22-7-5-13(18)6-8-22/h1-4,9-11,13,18H,5-8,12H2/t18-/m0/s1. The van der Waals surface area contributed by atoms with Crippen LogP contribution in [-0.2, 0) is 0 Å². The summed E-state index contributed by atoms with van der Waals surface area (Å²) < 4.78 is 11.9. The molecule has 2 aromatic heterocycles. The van der Waals surface area contributed by atoms with Gasteiger partial charge in [-0.15, -0.1) is 0 Å². The van der Waals surface area contributed by atoms with Crippen LogP contribution in [0.15, 0.2) is 47.1 Å². The van der Waals surface area contributed by atoms with Crippen molar-refractivity contribution in [2.45, 2.75) is 18.9 Å². The average molecular weight is 321 g/mol. The van der Waals surface area contributed by atoms with Crippen molar-refractivity contribution >= 4 is 11.0 Å². The molecule has 1 aromatic carbocycles. The Morgan fingerprint density at radius 2 is 1.88 bits per heavy atom. The van der Waals surface area contributed by atoms with Gasteiger partial charge in [0.1, 0.15) is 17.4 Å². The number of ether oxygens (including phenoxy) is 1. The first-order valence-electron chi connectivity index (χ1n) is 8.55. The Kier molecular flexibility index (Phi) is 3.26. The number of piperidine rings is 3. The van der Waals surface area contributed by atoms with E-state index in [0.29, 0.717) is 11.9 Å². The molecule has 3 aliphatic heterocycles. The molecule has 0 aliphatic carbocycles. The largest absolute Gasteiger partial charge is 0.458 e. The molecule has 5 heteroatoms. The van der Waals surface area contributed by atoms with Crippen LogP contribution in [0.5, 0.6) is 6.01 Å². The maximum Gasteiger partial charge on any atom is 0.316 e. The van der Waals surface area contributed by atoms with Crippen LogP contribution in [0.3, 0.4) is 0 Å². The summed E-state index contributed by atoms with van der Waals surface area (Å²) >= 11 is 0. The third kappa shape index (κ3) is 2.45. The second-order valence-electron chi connectivity index (χ2n) is 6.70. The molecule has 0 saturated carbocycles. The molecule has 3 saturated heterocycles. The first-order valence-corrected chi connectivity index (χ1v) is 8.55. The van der Waals surface area contributed by atoms with Crippen molar-refractivity contribution in [2.75, 3.05) is 19.6 Å². The van der Waals surface area contributed by atoms with E-state index in [1.165, 1.54) is 25.9 Å². The number of aromatic nitrogens is 2. The predicted molar refractivity (Wildman–Crippen MR) is 90.8 cm³/mol. The van der Waals surface area contributed by atoms with Gasteiger partial charge in [-0.1, -0.05) is 18.2 Å². The Labute approximate surface area is 140 Å². The average Bonchev–Trinajstić information content (AvgIpc) is 3.07. The molecule has 5 nitrogen and oxygen atoms in total. The molecular weight excluding hydrogens is 302 g/mol. The third-order valence-corrected chi connectivity index (χ3v) is 5.19. The van der Waals surface area contributed by atoms with Crippen molar-refractivity contribution in [1.82, 2.24) is 14.9 Å². The molecule has 0 amide bonds. The van der Waals surface area contributed by atoms with E-state index >= 15 is 0 Å². The van der Waals surface area contributed by atoms with Crippen LogP contribution in [0, 0.1) is 5.92 Å². The third-order valence-electron chi connectivity index (χ3n) is 5.19. The molecule has 3 fully saturated rings. The van der Waals surface area contributed by atoms with Gasteiger partial charge in [0.15, 0.2) is 0 Å². The number of hydrogen-bond donors (Lipinski definition) is 0. The normalized spacial score (nSPS) is 25.9. The molecule has 6 rings (SSSR count). The van der Waals surface area contributed by atoms with Crippen LogP contribution in [0.1, 0.15) is 12.8 Å². The lowest BCUT2D eigenvalue weighted by Crippen LogP contribution is -2.52. The van der Waals surface area contributed by atoms with Crippen molar-refractivity contribution in [3.63, 3.8) is 0 Å². The van der Waals surface area contributed by atoms with Gasteiger partial charge in [-0.3, -0.25) is 4.90 Å². The van der Waals surface area contributed by atoms with E-state index in [2.05, 4.69) is 14.9 Å². The smallest absolute Gasteiger partial charge is 0.316 e. The lowest BCUT2D eigenvalue weighted by atomic mass is 9.86. The molecule has 24 heavy (non-hydrogen) atoms. The van der Waals surface area contributed by atoms with Crippen molar-refractivity contribution in [3.05, 3.63) is 42.7 Å². The van der Waals surface area contributed by atoms with E-state index in [9.17, 15) is 0 Å². The van der Waals surface area contributed by atoms with Crippen LogP contribution in [0.4, 0.5) is 0 Å². The highest BCUT2D eigenvalue weighted by Gasteiger charge is 2.35. The number of rotatable bonds is 3. The van der Waals surface area contributed by atoms with Crippen LogP contribution in [0.2, 0.25) is 0 Å². The van der Waals surface area contributed by atoms with Gasteiger partial charge in [0, 0.05) is 24.3 Å². The number of benzene rings is 1. The molecule has 0 radical (unpaired) electrons. The molecule has 1 atom stereocenters. The van der Waals surface area contributed by atoms with Crippen LogP contribution >= 0.6 is 0 Å². The number of furan rings is 1. The minimum atomic E-state index is 0.226. The zero-order valence-corrected chi connectivity index (χ0v) is 13.4. The molecule has 2 bridgehead atoms. The summed E-state index contributed by atoms with van der Waals surface area (Å²) in [6.45, 7) is 3.41. The van der Waals surface area contributed by atoms with Crippen LogP contribution in [0.25, 0.3) is 22.3 Å². The predicted octanol–water partition coefficient (Wildman–Crippen LogP) is 3.36. The summed E-state index contributed by atoms with van der Waals surface area (Å²) in [5.41, 5.74) is 1.74. The summed E-state index contributed by atoms with van der Waals surface area (Å²) in [5.74, 6) is 1.43. The first kappa shape index (κ1) is 14.0. The zero-order chi connectivity index (χ0) is 15.9. The highest BCUT2D eigenvalue weighted by Crippen LogP contribution is 2.30. The Balaban J connectivity index is 1.35. The first-order chi connectivity index (χ1) is 11.8. The van der Waals surface area contributed by atoms with Crippen LogP contribution in [-0.4, -0.2) is 40.6 Å². The number of para-hydroxylation sites is 1. The fourth-order valence-corrected chi connectivity index (χ4v) is 3.81. The van der Waals surface area contributed by atoms with E-state index < -0.39 is 0 Å². The highest BCUT2D eigenvalue weighted by atomic mass is 16.5. The minimum absolute atomic E-state index is 0.226. The monoisotopic (exact) mass is 321 g/mol. The van der Waals surface area contributed by atoms with E-state index in [1.54, 1.807) is 12.4 Å². The van der Waals surface area contributed by atoms with Gasteiger partial charge in [0.05, 0.1) is 5.56 Å². The lowest BCUT2D eigenvalue weighted by Gasteiger charge is -2.43. The van der Waals surface area contributed by atoms with Gasteiger partial charge in [-0.25, -0.2) is 9.97 Å². The molecule has 0 N–H and O–H groups in total. The van der Waals surface area contributed by atoms with Crippen molar-refractivity contribution in [1.29, 1.82) is 0 Å². The van der Waals surface area contributed by atoms with E-state index in [4.69, 9.17) is 9.15 Å². The SMILES string of the molecule is c1ccc2oc(-c3cnc(O[C@H]4CN5CCC4CC5)nc3)cc2c1. The van der Waals surface area contributed by atoms with Crippen molar-refractivity contribution in [3.8, 4) is 17.3 Å². The highest BCUT2D eigenvalue weighted by molar-refractivity contribution is 5.82. The Bertz CT molecular complexity index is 817. The molecule has 0 unspecified atom stereocenters. The molecule has 3 aliphatic rings. The molecule has 0 spiro atoms. The Morgan fingerprint density at radius 3 is 2.58 bits per heavy atom. The lowest BCUT2D eigenvalue weighted by molar-refractivity contribution is -0.0123. The van der Waals surface area contributed by atoms with E-state index in [1.807, 2.05) is 30.3 Å². The Morgan fingerprint density at radius 1 is 1.08 bits per heavy atom. The molecular formula is C19H19N3O2. The number of hydrogen-bond acceptors (Lipinski definition) is 5. The van der Waals surface area contributed by atoms with E-state index in [-0.39, 0.29) is 6.10 Å². The van der Waals surface area contributed by atoms with Gasteiger partial charge in [0.2, 0.25) is 0 Å². The fraction of sp³-hybridized carbons (Fsp3) is 0.368. The summed E-state index contributed by atoms with van der Waals surface area (Å²) in [6.07, 6.45) is 6.23. The maximum absolute atomic E-state index is 6.04. The van der Waals surface area contributed by atoms with Crippen LogP contribution < -0.4 is 4.74 Å². The second-order valence-corrected chi connectivity index (χ2v) is 6.70. The minimum Gasteiger partial charge on any atom is -0.458 e. The summed E-state index contributed by atoms with van der Waals surface area (Å²) in [5, 5.41) is 1.08. The molecule has 5 heterocycles. The summed E-state index contributed by atoms with van der Waals surface area (Å²) in [7, 11) is 0. The quantitative estimate of drug-likeness (QED) is 0.740. The van der Waals surface area contributed by atoms with Gasteiger partial charge >= 0.3 is 6.01 Å². The number of fused-ring (bicyclic) bond motifs is 4. The summed E-state index contributed by atoms with van der Waals surface area (Å²) in [4.78, 5) is 11.2. The summed E-state index contributed by atoms with van der Waals surface area (Å²) in [6, 6.07) is 10.5. The van der Waals surface area contributed by atoms with Gasteiger partial charge in [-0.05, 0) is 44.0 Å². The van der Waals surface area contributed by atoms with E-state index in [0.717, 1.165) is 28.8 Å². The van der Waals surface area contributed by atoms with Gasteiger partial charge < -0.3 is 9.15 Å². The van der Waals surface area contributed by atoms with Gasteiger partial charge in [0.25, 0.3) is 0 Å². The maximum atomic E-state index is 6.04. The fourth-order valence-electron chi connectivity index (χ4n) is 3.81. The molecule has 122 valence electrons.